The molecule has 3 N–H and O–H groups in total. The van der Waals surface area contributed by atoms with Crippen LogP contribution in [0.25, 0.3) is 0 Å². The van der Waals surface area contributed by atoms with Gasteiger partial charge in [0, 0.05) is 18.2 Å². The molecule has 0 aliphatic rings. The van der Waals surface area contributed by atoms with Crippen molar-refractivity contribution in [2.24, 2.45) is 0 Å². The Kier molecular flexibility index (Phi) is 6.40. The molecule has 1 amide bonds. The van der Waals surface area contributed by atoms with Crippen molar-refractivity contribution in [3.63, 3.8) is 0 Å². The number of methoxy groups -OCH3 is 1. The predicted octanol–water partition coefficient (Wildman–Crippen LogP) is 4.13. The summed E-state index contributed by atoms with van der Waals surface area (Å²) < 4.78 is 42.7. The van der Waals surface area contributed by atoms with Crippen LogP contribution in [0.4, 0.5) is 18.9 Å². The Bertz CT molecular complexity index is 915. The summed E-state index contributed by atoms with van der Waals surface area (Å²) in [6, 6.07) is 4.96. The maximum absolute atomic E-state index is 12.7. The average molecular weight is 418 g/mol. The highest BCUT2D eigenvalue weighted by Gasteiger charge is 2.30. The van der Waals surface area contributed by atoms with E-state index in [9.17, 15) is 33.0 Å². The zero-order chi connectivity index (χ0) is 21.1. The van der Waals surface area contributed by atoms with Gasteiger partial charge in [0.1, 0.15) is 17.1 Å². The number of aromatic hydroxyl groups is 2. The summed E-state index contributed by atoms with van der Waals surface area (Å²) in [5, 5.41) is 21.7. The smallest absolute Gasteiger partial charge is 0.416 e. The fraction of sp³-hybridized carbons (Fsp3) is 0.222. The highest BCUT2D eigenvalue weighted by atomic mass is 35.5. The molecule has 6 nitrogen and oxygen atoms in total. The summed E-state index contributed by atoms with van der Waals surface area (Å²) in [6.45, 7) is 0. The lowest BCUT2D eigenvalue weighted by Crippen LogP contribution is -2.15. The largest absolute Gasteiger partial charge is 0.507 e. The Hall–Kier alpha value is -2.94. The molecular weight excluding hydrogens is 403 g/mol. The number of amides is 1. The number of alkyl halides is 3. The van der Waals surface area contributed by atoms with Gasteiger partial charge in [-0.25, -0.2) is 4.79 Å². The molecular formula is C18H15ClF3NO5. The van der Waals surface area contributed by atoms with Crippen molar-refractivity contribution < 1.29 is 37.7 Å². The van der Waals surface area contributed by atoms with Crippen LogP contribution in [0.5, 0.6) is 11.5 Å². The predicted molar refractivity (Wildman–Crippen MR) is 94.5 cm³/mol. The van der Waals surface area contributed by atoms with Gasteiger partial charge in [0.2, 0.25) is 5.91 Å². The van der Waals surface area contributed by atoms with Gasteiger partial charge in [-0.1, -0.05) is 17.7 Å². The van der Waals surface area contributed by atoms with Crippen LogP contribution in [0, 0.1) is 0 Å². The lowest BCUT2D eigenvalue weighted by atomic mass is 10.0. The number of nitrogens with one attached hydrogen (secondary N) is 1. The number of hydrogen-bond donors (Lipinski definition) is 3. The number of benzene rings is 2. The average Bonchev–Trinajstić information content (AvgIpc) is 2.62. The van der Waals surface area contributed by atoms with E-state index >= 15 is 0 Å². The minimum atomic E-state index is -4.55. The highest BCUT2D eigenvalue weighted by Crippen LogP contribution is 2.37. The van der Waals surface area contributed by atoms with Crippen LogP contribution >= 0.6 is 11.6 Å². The van der Waals surface area contributed by atoms with E-state index < -0.39 is 35.1 Å². The minimum absolute atomic E-state index is 0.0230. The number of carbonyl (C=O) groups is 2. The molecule has 0 atom stereocenters. The van der Waals surface area contributed by atoms with Gasteiger partial charge in [0.15, 0.2) is 0 Å². The highest BCUT2D eigenvalue weighted by molar-refractivity contribution is 6.33. The van der Waals surface area contributed by atoms with Crippen LogP contribution < -0.4 is 5.32 Å². The van der Waals surface area contributed by atoms with Crippen LogP contribution in [0.1, 0.15) is 27.9 Å². The number of anilines is 1. The fourth-order valence-corrected chi connectivity index (χ4v) is 2.73. The Balaban J connectivity index is 2.19. The van der Waals surface area contributed by atoms with E-state index in [4.69, 9.17) is 11.6 Å². The maximum Gasteiger partial charge on any atom is 0.416 e. The van der Waals surface area contributed by atoms with Crippen molar-refractivity contribution in [2.75, 3.05) is 12.4 Å². The molecule has 10 heteroatoms. The molecule has 0 heterocycles. The van der Waals surface area contributed by atoms with Gasteiger partial charge in [-0.15, -0.1) is 0 Å². The van der Waals surface area contributed by atoms with E-state index in [-0.39, 0.29) is 34.7 Å². The van der Waals surface area contributed by atoms with Crippen molar-refractivity contribution in [3.05, 3.63) is 52.0 Å². The summed E-state index contributed by atoms with van der Waals surface area (Å²) in [4.78, 5) is 24.0. The number of rotatable bonds is 5. The van der Waals surface area contributed by atoms with Crippen LogP contribution in [0.2, 0.25) is 5.02 Å². The first-order valence-electron chi connectivity index (χ1n) is 7.83. The Morgan fingerprint density at radius 1 is 1.18 bits per heavy atom. The zero-order valence-corrected chi connectivity index (χ0v) is 15.2. The van der Waals surface area contributed by atoms with E-state index in [1.165, 1.54) is 6.07 Å². The Labute approximate surface area is 162 Å². The third kappa shape index (κ3) is 4.86. The molecule has 0 saturated carbocycles. The SMILES string of the molecule is COC(=O)c1c(O)cc(O)c(Cl)c1CCC(=O)Nc1cccc(C(F)(F)F)c1. The van der Waals surface area contributed by atoms with Gasteiger partial charge < -0.3 is 20.3 Å². The third-order valence-corrected chi connectivity index (χ3v) is 4.21. The van der Waals surface area contributed by atoms with E-state index in [0.29, 0.717) is 0 Å². The molecule has 2 rings (SSSR count). The van der Waals surface area contributed by atoms with Crippen molar-refractivity contribution in [1.29, 1.82) is 0 Å². The summed E-state index contributed by atoms with van der Waals surface area (Å²) in [5.74, 6) is -2.66. The van der Waals surface area contributed by atoms with Crippen molar-refractivity contribution in [3.8, 4) is 11.5 Å². The summed E-state index contributed by atoms with van der Waals surface area (Å²) in [7, 11) is 1.08. The molecule has 0 unspecified atom stereocenters. The molecule has 0 bridgehead atoms. The van der Waals surface area contributed by atoms with Gasteiger partial charge in [-0.2, -0.15) is 13.2 Å². The van der Waals surface area contributed by atoms with Crippen LogP contribution in [-0.4, -0.2) is 29.2 Å². The fourth-order valence-electron chi connectivity index (χ4n) is 2.48. The molecule has 0 aromatic heterocycles. The topological polar surface area (TPSA) is 95.9 Å². The second kappa shape index (κ2) is 8.39. The first kappa shape index (κ1) is 21.4. The monoisotopic (exact) mass is 417 g/mol. The lowest BCUT2D eigenvalue weighted by Gasteiger charge is -2.13. The second-order valence-electron chi connectivity index (χ2n) is 5.70. The normalized spacial score (nSPS) is 11.2. The summed E-state index contributed by atoms with van der Waals surface area (Å²) in [5.41, 5.74) is -1.31. The third-order valence-electron chi connectivity index (χ3n) is 3.79. The van der Waals surface area contributed by atoms with Gasteiger partial charge in [0.25, 0.3) is 0 Å². The summed E-state index contributed by atoms with van der Waals surface area (Å²) in [6.07, 6.45) is -5.03. The maximum atomic E-state index is 12.7. The summed E-state index contributed by atoms with van der Waals surface area (Å²) >= 11 is 5.96. The number of phenols is 2. The number of esters is 1. The standard InChI is InChI=1S/C18H15ClF3NO5/c1-28-17(27)15-11(16(19)13(25)8-12(15)24)5-6-14(26)23-10-4-2-3-9(7-10)18(20,21)22/h2-4,7-8,24-25H,5-6H2,1H3,(H,23,26). The molecule has 0 spiro atoms. The van der Waals surface area contributed by atoms with Gasteiger partial charge in [-0.05, 0) is 30.2 Å². The van der Waals surface area contributed by atoms with Crippen LogP contribution in [0.15, 0.2) is 30.3 Å². The number of phenolic OH excluding ortho intramolecular Hbond substituents is 2. The van der Waals surface area contributed by atoms with E-state index in [0.717, 1.165) is 31.4 Å². The van der Waals surface area contributed by atoms with E-state index in [2.05, 4.69) is 10.1 Å². The van der Waals surface area contributed by atoms with Crippen molar-refractivity contribution in [2.45, 2.75) is 19.0 Å². The molecule has 0 aliphatic carbocycles. The molecule has 0 radical (unpaired) electrons. The van der Waals surface area contributed by atoms with Gasteiger partial charge in [-0.3, -0.25) is 4.79 Å². The second-order valence-corrected chi connectivity index (χ2v) is 6.08. The minimum Gasteiger partial charge on any atom is -0.507 e. The first-order chi connectivity index (χ1) is 13.0. The van der Waals surface area contributed by atoms with E-state index in [1.807, 2.05) is 0 Å². The van der Waals surface area contributed by atoms with E-state index in [1.54, 1.807) is 0 Å². The molecule has 0 saturated heterocycles. The quantitative estimate of drug-likeness (QED) is 0.636. The van der Waals surface area contributed by atoms with Crippen molar-refractivity contribution in [1.82, 2.24) is 0 Å². The zero-order valence-electron chi connectivity index (χ0n) is 14.4. The number of ether oxygens (including phenoxy) is 1. The van der Waals surface area contributed by atoms with Crippen LogP contribution in [-0.2, 0) is 22.1 Å². The molecule has 2 aromatic rings. The van der Waals surface area contributed by atoms with Gasteiger partial charge in [0.05, 0.1) is 17.7 Å². The molecule has 2 aromatic carbocycles. The van der Waals surface area contributed by atoms with Gasteiger partial charge >= 0.3 is 12.1 Å². The number of halogens is 4. The molecule has 0 aliphatic heterocycles. The Morgan fingerprint density at radius 3 is 2.46 bits per heavy atom. The first-order valence-corrected chi connectivity index (χ1v) is 8.21. The number of hydrogen-bond acceptors (Lipinski definition) is 5. The molecule has 150 valence electrons. The number of carbonyl (C=O) groups excluding carboxylic acids is 2. The molecule has 28 heavy (non-hydrogen) atoms. The Morgan fingerprint density at radius 2 is 1.86 bits per heavy atom. The lowest BCUT2D eigenvalue weighted by molar-refractivity contribution is -0.137. The molecule has 0 fully saturated rings. The van der Waals surface area contributed by atoms with Crippen LogP contribution in [0.3, 0.4) is 0 Å². The van der Waals surface area contributed by atoms with Crippen molar-refractivity contribution >= 4 is 29.2 Å².